The Balaban J connectivity index is 0.000000139. The van der Waals surface area contributed by atoms with Crippen LogP contribution in [0.3, 0.4) is 0 Å². The van der Waals surface area contributed by atoms with Crippen molar-refractivity contribution in [2.45, 2.75) is 6.42 Å². The number of imidazole rings is 1. The molecule has 0 bridgehead atoms. The van der Waals surface area contributed by atoms with E-state index in [2.05, 4.69) is 46.8 Å². The second-order valence-electron chi connectivity index (χ2n) is 13.2. The summed E-state index contributed by atoms with van der Waals surface area (Å²) in [7, 11) is -1.34. The Morgan fingerprint density at radius 3 is 1.87 bits per heavy atom. The summed E-state index contributed by atoms with van der Waals surface area (Å²) in [5.41, 5.74) is 18.3. The second-order valence-corrected chi connectivity index (χ2v) is 16.1. The van der Waals surface area contributed by atoms with Gasteiger partial charge in [0.1, 0.15) is 11.5 Å². The predicted octanol–water partition coefficient (Wildman–Crippen LogP) is 12.2. The molecular formula is C46H35BBr2Cl3N5O6. The highest BCUT2D eigenvalue weighted by atomic mass is 79.9. The number of nitrogens with one attached hydrogen (secondary N) is 1. The van der Waals surface area contributed by atoms with Gasteiger partial charge in [0.2, 0.25) is 0 Å². The number of hydrogen-bond acceptors (Lipinski definition) is 10. The molecule has 5 aromatic carbocycles. The maximum absolute atomic E-state index is 9.91. The largest absolute Gasteiger partial charge is 0.488 e. The third-order valence-electron chi connectivity index (χ3n) is 8.72. The fourth-order valence-electron chi connectivity index (χ4n) is 5.65. The summed E-state index contributed by atoms with van der Waals surface area (Å²) in [5, 5.41) is 19.2. The van der Waals surface area contributed by atoms with Crippen LogP contribution >= 0.6 is 66.7 Å². The lowest BCUT2D eigenvalue weighted by molar-refractivity contribution is 0.109. The highest BCUT2D eigenvalue weighted by Crippen LogP contribution is 2.32. The smallest absolute Gasteiger partial charge is 0.453 e. The van der Waals surface area contributed by atoms with Gasteiger partial charge in [-0.15, -0.1) is 0 Å². The third-order valence-corrected chi connectivity index (χ3v) is 10.3. The molecule has 0 atom stereocenters. The van der Waals surface area contributed by atoms with Gasteiger partial charge in [-0.1, -0.05) is 102 Å². The average molecular weight is 1030 g/mol. The number of aromatic amines is 1. The molecule has 11 nitrogen and oxygen atoms in total. The Hall–Kier alpha value is -5.84. The van der Waals surface area contributed by atoms with E-state index in [4.69, 9.17) is 69.6 Å². The lowest BCUT2D eigenvalue weighted by Gasteiger charge is -1.97. The summed E-state index contributed by atoms with van der Waals surface area (Å²) in [5.74, 6) is 3.38. The van der Waals surface area contributed by atoms with Crippen LogP contribution < -0.4 is 16.9 Å². The topological polar surface area (TPSA) is 190 Å². The van der Waals surface area contributed by atoms with E-state index in [-0.39, 0.29) is 0 Å². The minimum Gasteiger partial charge on any atom is -0.453 e. The molecular weight excluding hydrogens is 996 g/mol. The number of nitrogen functional groups attached to an aromatic ring is 2. The number of anilines is 2. The normalized spacial score (nSPS) is 11.0. The Bertz CT molecular complexity index is 2940. The van der Waals surface area contributed by atoms with E-state index in [1.54, 1.807) is 54.6 Å². The molecule has 1 aliphatic rings. The molecule has 9 aromatic rings. The lowest BCUT2D eigenvalue weighted by Crippen LogP contribution is -2.29. The zero-order valence-corrected chi connectivity index (χ0v) is 38.2. The van der Waals surface area contributed by atoms with Crippen molar-refractivity contribution in [2.24, 2.45) is 4.99 Å². The predicted molar refractivity (Wildman–Crippen MR) is 260 cm³/mol. The van der Waals surface area contributed by atoms with Crippen LogP contribution in [0.1, 0.15) is 21.9 Å². The van der Waals surface area contributed by atoms with Crippen LogP contribution in [0, 0.1) is 0 Å². The monoisotopic (exact) mass is 1030 g/mol. The SMILES string of the molecule is Clc1ccc2c(c1)N=C(c1ccc(Br)o1)C2.Clc1ccc2nc(-c3ccc(-c4ccccc4)o3)[nH]c2c1.Nc1ccc(Cl)cc1N.O=Cc1ccc(Br)o1.OB(O)c1ccccc1. The molecule has 63 heavy (non-hydrogen) atoms. The van der Waals surface area contributed by atoms with Gasteiger partial charge in [-0.3, -0.25) is 4.79 Å². The number of nitrogens with zero attached hydrogens (tertiary/aromatic N) is 2. The van der Waals surface area contributed by atoms with Crippen LogP contribution in [0.4, 0.5) is 17.1 Å². The number of rotatable bonds is 5. The first-order valence-corrected chi connectivity index (χ1v) is 21.4. The van der Waals surface area contributed by atoms with E-state index in [1.807, 2.05) is 97.1 Å². The van der Waals surface area contributed by atoms with Crippen molar-refractivity contribution in [3.63, 3.8) is 0 Å². The van der Waals surface area contributed by atoms with Crippen molar-refractivity contribution in [3.05, 3.63) is 193 Å². The number of fused-ring (bicyclic) bond motifs is 2. The van der Waals surface area contributed by atoms with Gasteiger partial charge in [-0.25, -0.2) is 9.98 Å². The zero-order valence-electron chi connectivity index (χ0n) is 32.8. The standard InChI is InChI=1S/C17H11ClN2O.C12H7BrClNO.C6H7BO2.C6H7ClN2.C5H3BrO2/c18-12-6-7-13-14(10-12)20-17(19-13)16-9-8-15(21-16)11-4-2-1-3-5-11;13-12-4-3-11(16-12)10-5-7-1-2-8(14)6-9(7)15-10;8-7(9)6-4-2-1-3-5-6;7-4-1-2-5(8)6(9)3-4;6-5-2-1-4(3-7)8-5/h1-10H,(H,19,20);1-4,6H,5H2;1-5,8-9H;1-3H,8-9H2;1-3H. The molecule has 17 heteroatoms. The molecule has 0 fully saturated rings. The molecule has 4 aromatic heterocycles. The fraction of sp³-hybridized carbons (Fsp3) is 0.0217. The van der Waals surface area contributed by atoms with Crippen LogP contribution in [0.15, 0.2) is 179 Å². The van der Waals surface area contributed by atoms with Crippen molar-refractivity contribution in [1.29, 1.82) is 0 Å². The molecule has 318 valence electrons. The maximum atomic E-state index is 9.91. The van der Waals surface area contributed by atoms with Gasteiger partial charge in [0, 0.05) is 27.1 Å². The minimum atomic E-state index is -1.34. The quantitative estimate of drug-likeness (QED) is 0.0634. The Morgan fingerprint density at radius 1 is 0.651 bits per heavy atom. The van der Waals surface area contributed by atoms with Crippen molar-refractivity contribution in [3.8, 4) is 22.9 Å². The number of carbonyl (C=O) groups is 1. The summed E-state index contributed by atoms with van der Waals surface area (Å²) < 4.78 is 17.5. The van der Waals surface area contributed by atoms with Crippen LogP contribution in [-0.4, -0.2) is 39.1 Å². The van der Waals surface area contributed by atoms with Crippen LogP contribution in [0.5, 0.6) is 0 Å². The number of hydrogen-bond donors (Lipinski definition) is 5. The number of nitrogens with two attached hydrogens (primary N) is 2. The summed E-state index contributed by atoms with van der Waals surface area (Å²) in [6.45, 7) is 0. The number of halogens is 5. The Morgan fingerprint density at radius 2 is 1.27 bits per heavy atom. The Kier molecular flexibility index (Phi) is 16.7. The van der Waals surface area contributed by atoms with Gasteiger partial charge in [0.05, 0.1) is 33.8 Å². The van der Waals surface area contributed by atoms with Gasteiger partial charge in [-0.05, 0) is 128 Å². The summed E-state index contributed by atoms with van der Waals surface area (Å²) in [6.07, 6.45) is 1.46. The number of aldehydes is 1. The number of H-pyrrole nitrogens is 1. The highest BCUT2D eigenvalue weighted by molar-refractivity contribution is 9.10. The van der Waals surface area contributed by atoms with E-state index < -0.39 is 7.12 Å². The molecule has 5 heterocycles. The summed E-state index contributed by atoms with van der Waals surface area (Å²) in [4.78, 5) is 22.2. The number of benzene rings is 5. The fourth-order valence-corrected chi connectivity index (χ4v) is 6.80. The third kappa shape index (κ3) is 13.6. The molecule has 0 unspecified atom stereocenters. The van der Waals surface area contributed by atoms with Crippen molar-refractivity contribution < 1.29 is 28.1 Å². The van der Waals surface area contributed by atoms with Gasteiger partial charge in [0.15, 0.2) is 33.0 Å². The first-order chi connectivity index (χ1) is 30.3. The van der Waals surface area contributed by atoms with Crippen molar-refractivity contribution in [2.75, 3.05) is 11.5 Å². The number of aliphatic imine (C=N–C) groups is 1. The van der Waals surface area contributed by atoms with Gasteiger partial charge in [-0.2, -0.15) is 0 Å². The molecule has 0 saturated carbocycles. The van der Waals surface area contributed by atoms with Crippen molar-refractivity contribution >= 4 is 119 Å². The first kappa shape index (κ1) is 46.7. The molecule has 0 aliphatic carbocycles. The molecule has 0 saturated heterocycles. The number of carbonyl (C=O) groups excluding carboxylic acids is 1. The molecule has 7 N–H and O–H groups in total. The summed E-state index contributed by atoms with van der Waals surface area (Å²) >= 11 is 23.8. The number of aromatic nitrogens is 2. The van der Waals surface area contributed by atoms with Crippen LogP contribution in [-0.2, 0) is 6.42 Å². The molecule has 10 rings (SSSR count). The van der Waals surface area contributed by atoms with Gasteiger partial charge < -0.3 is 39.8 Å². The zero-order chi connectivity index (χ0) is 44.9. The molecule has 0 radical (unpaired) electrons. The minimum absolute atomic E-state index is 0.344. The Labute approximate surface area is 393 Å². The van der Waals surface area contributed by atoms with Crippen LogP contribution in [0.2, 0.25) is 15.1 Å². The first-order valence-electron chi connectivity index (χ1n) is 18.7. The van der Waals surface area contributed by atoms with Crippen molar-refractivity contribution in [1.82, 2.24) is 9.97 Å². The van der Waals surface area contributed by atoms with E-state index in [0.717, 1.165) is 50.6 Å². The van der Waals surface area contributed by atoms with Gasteiger partial charge in [0.25, 0.3) is 0 Å². The van der Waals surface area contributed by atoms with E-state index >= 15 is 0 Å². The molecule has 0 spiro atoms. The second kappa shape index (κ2) is 22.5. The van der Waals surface area contributed by atoms with E-state index in [1.165, 1.54) is 5.56 Å². The maximum Gasteiger partial charge on any atom is 0.488 e. The number of furan rings is 3. The highest BCUT2D eigenvalue weighted by Gasteiger charge is 2.18. The average Bonchev–Trinajstić information content (AvgIpc) is 4.15. The summed E-state index contributed by atoms with van der Waals surface area (Å²) in [6, 6.07) is 45.9. The molecule has 0 amide bonds. The molecule has 1 aliphatic heterocycles. The lowest BCUT2D eigenvalue weighted by atomic mass is 9.81. The van der Waals surface area contributed by atoms with Crippen LogP contribution in [0.25, 0.3) is 33.9 Å². The van der Waals surface area contributed by atoms with E-state index in [0.29, 0.717) is 60.2 Å². The van der Waals surface area contributed by atoms with Gasteiger partial charge >= 0.3 is 7.12 Å². The van der Waals surface area contributed by atoms with E-state index in [9.17, 15) is 4.79 Å².